The fourth-order valence-corrected chi connectivity index (χ4v) is 0. The average Bonchev–Trinajstić information content (AvgIpc) is 0. The van der Waals surface area contributed by atoms with Crippen LogP contribution in [0.3, 0.4) is 0 Å². The molecule has 36 valence electrons. The molecule has 0 atom stereocenters. The van der Waals surface area contributed by atoms with E-state index in [4.69, 9.17) is 0 Å². The Morgan fingerprint density at radius 2 is 1.00 bits per heavy atom. The van der Waals surface area contributed by atoms with Crippen LogP contribution in [0.1, 0.15) is 0 Å². The van der Waals surface area contributed by atoms with Crippen molar-refractivity contribution in [3.05, 3.63) is 0 Å². The van der Waals surface area contributed by atoms with Crippen LogP contribution in [0.25, 0.3) is 0 Å². The minimum Gasteiger partial charge on any atom is 0 e. The van der Waals surface area contributed by atoms with Gasteiger partial charge in [-0.3, -0.25) is 0 Å². The van der Waals surface area contributed by atoms with Gasteiger partial charge in [-0.15, -0.1) is 0 Å². The third kappa shape index (κ3) is 8.82. The van der Waals surface area contributed by atoms with Gasteiger partial charge >= 0.3 is 0 Å². The van der Waals surface area contributed by atoms with E-state index in [1.807, 2.05) is 0 Å². The fourth-order valence-electron chi connectivity index (χ4n) is 0. The normalized spacial score (nSPS) is 0. The Bertz CT molecular complexity index is 8.00. The van der Waals surface area contributed by atoms with Gasteiger partial charge in [0.1, 0.15) is 0 Å². The minimum absolute atomic E-state index is 0. The molecule has 4 heavy (non-hydrogen) atoms. The van der Waals surface area contributed by atoms with Gasteiger partial charge in [0.25, 0.3) is 0 Å². The van der Waals surface area contributed by atoms with Crippen LogP contribution in [0.2, 0.25) is 0 Å². The molecule has 0 N–H and O–H groups in total. The summed E-state index contributed by atoms with van der Waals surface area (Å²) >= 11 is 0. The molecule has 0 aromatic carbocycles. The summed E-state index contributed by atoms with van der Waals surface area (Å²) in [6, 6.07) is 0. The molecule has 0 saturated heterocycles. The molecular formula is AuFeRhRu. The molecule has 0 aromatic heterocycles. The molecule has 0 amide bonds. The van der Waals surface area contributed by atoms with Gasteiger partial charge in [-0.1, -0.05) is 0 Å². The van der Waals surface area contributed by atoms with Crippen LogP contribution in [0, 0.1) is 0 Å². The van der Waals surface area contributed by atoms with Gasteiger partial charge in [-0.05, 0) is 0 Å². The van der Waals surface area contributed by atoms with Crippen LogP contribution in [-0.4, -0.2) is 0 Å². The maximum absolute atomic E-state index is 0. The Morgan fingerprint density at radius 1 is 1.00 bits per heavy atom. The smallest absolute Gasteiger partial charge is 0 e. The largest absolute Gasteiger partial charge is 0 e. The summed E-state index contributed by atoms with van der Waals surface area (Å²) in [5.74, 6) is 0. The molecule has 0 fully saturated rings. The first-order valence-corrected chi connectivity index (χ1v) is 0. The topological polar surface area (TPSA) is 0 Å². The van der Waals surface area contributed by atoms with Crippen molar-refractivity contribution in [3.63, 3.8) is 0 Å². The second kappa shape index (κ2) is 17.8. The molecule has 0 aliphatic carbocycles. The molecule has 0 rings (SSSR count). The Morgan fingerprint density at radius 3 is 1.00 bits per heavy atom. The van der Waals surface area contributed by atoms with Gasteiger partial charge in [0, 0.05) is 78.4 Å². The molecule has 0 aliphatic heterocycles. The number of hydrogen-bond acceptors (Lipinski definition) is 0. The van der Waals surface area contributed by atoms with Crippen LogP contribution >= 0.6 is 0 Å². The van der Waals surface area contributed by atoms with Crippen LogP contribution < -0.4 is 0 Å². The average molecular weight is 457 g/mol. The van der Waals surface area contributed by atoms with Crippen molar-refractivity contribution in [3.8, 4) is 0 Å². The minimum atomic E-state index is 0. The van der Waals surface area contributed by atoms with E-state index in [1.54, 1.807) is 0 Å². The molecule has 0 spiro atoms. The van der Waals surface area contributed by atoms with Crippen molar-refractivity contribution in [2.75, 3.05) is 0 Å². The SMILES string of the molecule is [Au].[Fe].[Rh].[Ru]. The van der Waals surface area contributed by atoms with Gasteiger partial charge in [0.05, 0.1) is 0 Å². The summed E-state index contributed by atoms with van der Waals surface area (Å²) in [4.78, 5) is 0. The second-order valence-electron chi connectivity index (χ2n) is 0. The molecular weight excluding hydrogens is 457 g/mol. The maximum Gasteiger partial charge on any atom is 0 e. The van der Waals surface area contributed by atoms with Crippen LogP contribution in [0.4, 0.5) is 0 Å². The van der Waals surface area contributed by atoms with Crippen molar-refractivity contribution >= 4 is 0 Å². The van der Waals surface area contributed by atoms with Gasteiger partial charge < -0.3 is 0 Å². The van der Waals surface area contributed by atoms with Crippen molar-refractivity contribution in [1.29, 1.82) is 0 Å². The van der Waals surface area contributed by atoms with Gasteiger partial charge in [-0.2, -0.15) is 0 Å². The molecule has 0 bridgehead atoms. The van der Waals surface area contributed by atoms with Gasteiger partial charge in [0.2, 0.25) is 0 Å². The fraction of sp³-hybridized carbons (Fsp3) is 0. The Kier molecular flexibility index (Phi) is 140. The predicted molar refractivity (Wildman–Crippen MR) is 0 cm³/mol. The van der Waals surface area contributed by atoms with Crippen LogP contribution in [-0.2, 0) is 78.4 Å². The molecule has 2 radical (unpaired) electrons. The molecule has 0 nitrogen and oxygen atoms in total. The zero-order valence-corrected chi connectivity index (χ0v) is 7.99. The Hall–Kier alpha value is 2.51. The maximum atomic E-state index is 0. The Labute approximate surface area is 77.4 Å². The standard InChI is InChI=1S/Au.Fe.Rh.Ru. The third-order valence-electron chi connectivity index (χ3n) is 0. The monoisotopic (exact) mass is 458 g/mol. The number of hydrogen-bond donors (Lipinski definition) is 0. The summed E-state index contributed by atoms with van der Waals surface area (Å²) in [6.07, 6.45) is 0. The first-order chi connectivity index (χ1) is 0. The zero-order valence-electron chi connectivity index (χ0n) is 1.34. The van der Waals surface area contributed by atoms with Crippen LogP contribution in [0.5, 0.6) is 0 Å². The van der Waals surface area contributed by atoms with E-state index >= 15 is 0 Å². The summed E-state index contributed by atoms with van der Waals surface area (Å²) in [7, 11) is 0. The van der Waals surface area contributed by atoms with Crippen molar-refractivity contribution in [2.24, 2.45) is 0 Å². The van der Waals surface area contributed by atoms with Gasteiger partial charge in [-0.25, -0.2) is 0 Å². The van der Waals surface area contributed by atoms with Crippen molar-refractivity contribution in [2.45, 2.75) is 0 Å². The molecule has 4 heteroatoms. The Balaban J connectivity index is 0. The summed E-state index contributed by atoms with van der Waals surface area (Å²) in [5.41, 5.74) is 0. The molecule has 0 aromatic rings. The van der Waals surface area contributed by atoms with Crippen LogP contribution in [0.15, 0.2) is 0 Å². The molecule has 0 saturated carbocycles. The predicted octanol–water partition coefficient (Wildman–Crippen LogP) is -0.0100. The zero-order chi connectivity index (χ0) is 0. The first-order valence-electron chi connectivity index (χ1n) is 0. The van der Waals surface area contributed by atoms with Crippen molar-refractivity contribution < 1.29 is 78.4 Å². The van der Waals surface area contributed by atoms with Crippen molar-refractivity contribution in [1.82, 2.24) is 0 Å². The van der Waals surface area contributed by atoms with E-state index in [-0.39, 0.29) is 78.4 Å². The first kappa shape index (κ1) is 31.4. The second-order valence-corrected chi connectivity index (χ2v) is 0. The third-order valence-corrected chi connectivity index (χ3v) is 0. The summed E-state index contributed by atoms with van der Waals surface area (Å²) in [6.45, 7) is 0. The molecule has 0 aliphatic rings. The van der Waals surface area contributed by atoms with E-state index in [9.17, 15) is 0 Å². The molecule has 0 unspecified atom stereocenters. The van der Waals surface area contributed by atoms with E-state index in [2.05, 4.69) is 0 Å². The van der Waals surface area contributed by atoms with E-state index in [0.29, 0.717) is 0 Å². The van der Waals surface area contributed by atoms with Gasteiger partial charge in [0.15, 0.2) is 0 Å². The van der Waals surface area contributed by atoms with E-state index < -0.39 is 0 Å². The number of rotatable bonds is 0. The van der Waals surface area contributed by atoms with E-state index in [1.165, 1.54) is 0 Å². The quantitative estimate of drug-likeness (QED) is 0.450. The van der Waals surface area contributed by atoms with E-state index in [0.717, 1.165) is 0 Å². The summed E-state index contributed by atoms with van der Waals surface area (Å²) in [5, 5.41) is 0. The molecule has 0 heterocycles. The summed E-state index contributed by atoms with van der Waals surface area (Å²) < 4.78 is 0.